The van der Waals surface area contributed by atoms with Crippen LogP contribution in [0.5, 0.6) is 0 Å². The monoisotopic (exact) mass is 274 g/mol. The summed E-state index contributed by atoms with van der Waals surface area (Å²) in [5, 5.41) is 5.46. The molecule has 0 aromatic carbocycles. The second kappa shape index (κ2) is 6.35. The van der Waals surface area contributed by atoms with E-state index >= 15 is 0 Å². The van der Waals surface area contributed by atoms with Crippen LogP contribution in [0.2, 0.25) is 0 Å². The van der Waals surface area contributed by atoms with Crippen molar-refractivity contribution in [2.45, 2.75) is 12.5 Å². The van der Waals surface area contributed by atoms with Crippen molar-refractivity contribution in [1.29, 1.82) is 0 Å². The molecule has 0 fully saturated rings. The van der Waals surface area contributed by atoms with E-state index in [1.807, 2.05) is 6.08 Å². The number of thiophene rings is 1. The molecule has 3 N–H and O–H groups in total. The first-order valence-corrected chi connectivity index (χ1v) is 6.24. The minimum Gasteiger partial charge on any atom is -0.329 e. The molecule has 78 valence electrons. The minimum absolute atomic E-state index is 0.254. The largest absolute Gasteiger partial charge is 0.329 e. The summed E-state index contributed by atoms with van der Waals surface area (Å²) < 4.78 is 1.14. The lowest BCUT2D eigenvalue weighted by Gasteiger charge is -2.15. The molecule has 0 aliphatic rings. The summed E-state index contributed by atoms with van der Waals surface area (Å²) in [5.41, 5.74) is 5.71. The van der Waals surface area contributed by atoms with Gasteiger partial charge in [-0.3, -0.25) is 0 Å². The molecule has 2 nitrogen and oxygen atoms in total. The van der Waals surface area contributed by atoms with Gasteiger partial charge in [0, 0.05) is 15.9 Å². The van der Waals surface area contributed by atoms with Gasteiger partial charge >= 0.3 is 0 Å². The fraction of sp³-hybridized carbons (Fsp3) is 0.400. The molecule has 0 saturated carbocycles. The van der Waals surface area contributed by atoms with E-state index in [1.165, 1.54) is 4.88 Å². The van der Waals surface area contributed by atoms with Crippen LogP contribution >= 0.6 is 27.3 Å². The number of nitrogens with one attached hydrogen (secondary N) is 1. The molecule has 1 aromatic rings. The topological polar surface area (TPSA) is 38.0 Å². The van der Waals surface area contributed by atoms with E-state index in [0.29, 0.717) is 6.54 Å². The Kier molecular flexibility index (Phi) is 5.40. The molecule has 0 spiro atoms. The predicted molar refractivity (Wildman–Crippen MR) is 66.6 cm³/mol. The van der Waals surface area contributed by atoms with Gasteiger partial charge in [0.1, 0.15) is 0 Å². The van der Waals surface area contributed by atoms with Gasteiger partial charge < -0.3 is 11.1 Å². The van der Waals surface area contributed by atoms with Crippen molar-refractivity contribution in [2.75, 3.05) is 13.1 Å². The summed E-state index contributed by atoms with van der Waals surface area (Å²) in [6, 6.07) is 2.31. The van der Waals surface area contributed by atoms with Gasteiger partial charge in [-0.05, 0) is 40.3 Å². The first kappa shape index (κ1) is 11.9. The fourth-order valence-corrected chi connectivity index (χ4v) is 2.94. The van der Waals surface area contributed by atoms with E-state index in [2.05, 4.69) is 39.3 Å². The summed E-state index contributed by atoms with van der Waals surface area (Å²) in [5.74, 6) is 0. The van der Waals surface area contributed by atoms with E-state index < -0.39 is 0 Å². The quantitative estimate of drug-likeness (QED) is 0.618. The van der Waals surface area contributed by atoms with Crippen LogP contribution < -0.4 is 11.1 Å². The molecule has 0 amide bonds. The number of hydrogen-bond acceptors (Lipinski definition) is 3. The molecular weight excluding hydrogens is 260 g/mol. The van der Waals surface area contributed by atoms with Gasteiger partial charge in [-0.2, -0.15) is 0 Å². The van der Waals surface area contributed by atoms with Crippen molar-refractivity contribution in [3.8, 4) is 0 Å². The molecule has 0 saturated heterocycles. The van der Waals surface area contributed by atoms with E-state index in [4.69, 9.17) is 5.73 Å². The molecular formula is C10H15BrN2S. The Morgan fingerprint density at radius 2 is 2.50 bits per heavy atom. The molecule has 1 unspecified atom stereocenters. The number of hydrogen-bond donors (Lipinski definition) is 2. The van der Waals surface area contributed by atoms with Crippen molar-refractivity contribution in [1.82, 2.24) is 5.32 Å². The zero-order chi connectivity index (χ0) is 10.4. The standard InChI is InChI=1S/C10H15BrN2S/c1-2-3-5-13-9(7-12)10-8(11)4-6-14-10/h2,4,6,9,13H,1,3,5,7,12H2. The average Bonchev–Trinajstić information content (AvgIpc) is 2.60. The average molecular weight is 275 g/mol. The van der Waals surface area contributed by atoms with Crippen LogP contribution in [0.4, 0.5) is 0 Å². The van der Waals surface area contributed by atoms with Gasteiger partial charge in [0.25, 0.3) is 0 Å². The summed E-state index contributed by atoms with van der Waals surface area (Å²) in [4.78, 5) is 1.27. The van der Waals surface area contributed by atoms with Crippen LogP contribution in [0.1, 0.15) is 17.3 Å². The van der Waals surface area contributed by atoms with Crippen LogP contribution in [-0.2, 0) is 0 Å². The Balaban J connectivity index is 2.54. The fourth-order valence-electron chi connectivity index (χ4n) is 1.20. The van der Waals surface area contributed by atoms with Gasteiger partial charge in [0.15, 0.2) is 0 Å². The maximum atomic E-state index is 5.71. The third kappa shape index (κ3) is 3.20. The van der Waals surface area contributed by atoms with Crippen molar-refractivity contribution in [3.05, 3.63) is 33.5 Å². The Morgan fingerprint density at radius 1 is 1.71 bits per heavy atom. The van der Waals surface area contributed by atoms with Gasteiger partial charge in [0.2, 0.25) is 0 Å². The summed E-state index contributed by atoms with van der Waals surface area (Å²) >= 11 is 5.24. The Hall–Kier alpha value is -0.160. The highest BCUT2D eigenvalue weighted by atomic mass is 79.9. The van der Waals surface area contributed by atoms with Crippen molar-refractivity contribution in [2.24, 2.45) is 5.73 Å². The van der Waals surface area contributed by atoms with Crippen LogP contribution in [0.3, 0.4) is 0 Å². The molecule has 0 aliphatic heterocycles. The van der Waals surface area contributed by atoms with E-state index in [0.717, 1.165) is 17.4 Å². The molecule has 1 rings (SSSR count). The van der Waals surface area contributed by atoms with Crippen LogP contribution in [0.25, 0.3) is 0 Å². The first-order chi connectivity index (χ1) is 6.79. The van der Waals surface area contributed by atoms with Crippen molar-refractivity contribution < 1.29 is 0 Å². The van der Waals surface area contributed by atoms with Gasteiger partial charge in [-0.15, -0.1) is 17.9 Å². The van der Waals surface area contributed by atoms with Crippen LogP contribution in [0.15, 0.2) is 28.6 Å². The van der Waals surface area contributed by atoms with Gasteiger partial charge in [-0.1, -0.05) is 6.08 Å². The highest BCUT2D eigenvalue weighted by Crippen LogP contribution is 2.28. The predicted octanol–water partition coefficient (Wildman–Crippen LogP) is 2.68. The SMILES string of the molecule is C=CCCNC(CN)c1sccc1Br. The summed E-state index contributed by atoms with van der Waals surface area (Å²) in [6.45, 7) is 5.23. The lowest BCUT2D eigenvalue weighted by molar-refractivity contribution is 0.554. The van der Waals surface area contributed by atoms with Gasteiger partial charge in [0.05, 0.1) is 6.04 Å². The van der Waals surface area contributed by atoms with Crippen LogP contribution in [-0.4, -0.2) is 13.1 Å². The molecule has 0 aliphatic carbocycles. The lowest BCUT2D eigenvalue weighted by Crippen LogP contribution is -2.28. The number of rotatable bonds is 6. The smallest absolute Gasteiger partial charge is 0.0550 e. The van der Waals surface area contributed by atoms with E-state index in [-0.39, 0.29) is 6.04 Å². The molecule has 1 atom stereocenters. The van der Waals surface area contributed by atoms with Crippen molar-refractivity contribution >= 4 is 27.3 Å². The highest BCUT2D eigenvalue weighted by molar-refractivity contribution is 9.10. The van der Waals surface area contributed by atoms with E-state index in [9.17, 15) is 0 Å². The maximum Gasteiger partial charge on any atom is 0.0550 e. The Morgan fingerprint density at radius 3 is 3.00 bits per heavy atom. The molecule has 14 heavy (non-hydrogen) atoms. The van der Waals surface area contributed by atoms with Crippen molar-refractivity contribution in [3.63, 3.8) is 0 Å². The minimum atomic E-state index is 0.254. The summed E-state index contributed by atoms with van der Waals surface area (Å²) in [7, 11) is 0. The molecule has 4 heteroatoms. The third-order valence-electron chi connectivity index (χ3n) is 1.94. The Bertz CT molecular complexity index is 285. The van der Waals surface area contributed by atoms with E-state index in [1.54, 1.807) is 11.3 Å². The normalized spacial score (nSPS) is 12.7. The highest BCUT2D eigenvalue weighted by Gasteiger charge is 2.12. The van der Waals surface area contributed by atoms with Crippen LogP contribution in [0, 0.1) is 0 Å². The van der Waals surface area contributed by atoms with Gasteiger partial charge in [-0.25, -0.2) is 0 Å². The zero-order valence-corrected chi connectivity index (χ0v) is 10.4. The molecule has 0 radical (unpaired) electrons. The molecule has 1 aromatic heterocycles. The number of nitrogens with two attached hydrogens (primary N) is 1. The zero-order valence-electron chi connectivity index (χ0n) is 8.00. The second-order valence-electron chi connectivity index (χ2n) is 2.95. The molecule has 0 bridgehead atoms. The lowest BCUT2D eigenvalue weighted by atomic mass is 10.2. The first-order valence-electron chi connectivity index (χ1n) is 4.56. The molecule has 1 heterocycles. The maximum absolute atomic E-state index is 5.71. The Labute approximate surface area is 97.3 Å². The third-order valence-corrected chi connectivity index (χ3v) is 3.92. The number of halogens is 1. The summed E-state index contributed by atoms with van der Waals surface area (Å²) in [6.07, 6.45) is 2.88. The second-order valence-corrected chi connectivity index (χ2v) is 4.75.